The molecular weight excluding hydrogens is 441 g/mol. The van der Waals surface area contributed by atoms with Crippen LogP contribution in [0.5, 0.6) is 5.75 Å². The second-order valence-electron chi connectivity index (χ2n) is 7.80. The third-order valence-electron chi connectivity index (χ3n) is 4.53. The zero-order valence-electron chi connectivity index (χ0n) is 16.4. The maximum Gasteiger partial charge on any atom is 0.191 e. The Labute approximate surface area is 175 Å². The zero-order valence-corrected chi connectivity index (χ0v) is 18.7. The lowest BCUT2D eigenvalue weighted by Gasteiger charge is -2.40. The zero-order chi connectivity index (χ0) is 18.3. The number of aromatic hydroxyl groups is 1. The Morgan fingerprint density at radius 2 is 1.92 bits per heavy atom. The average molecular weight is 475 g/mol. The smallest absolute Gasteiger partial charge is 0.191 e. The monoisotopic (exact) mass is 475 g/mol. The van der Waals surface area contributed by atoms with Crippen LogP contribution in [0.4, 0.5) is 0 Å². The Kier molecular flexibility index (Phi) is 9.71. The molecule has 0 spiro atoms. The van der Waals surface area contributed by atoms with Crippen LogP contribution in [0.3, 0.4) is 0 Å². The number of guanidine groups is 1. The topological polar surface area (TPSA) is 65.9 Å². The highest BCUT2D eigenvalue weighted by atomic mass is 127. The van der Waals surface area contributed by atoms with Crippen molar-refractivity contribution < 1.29 is 9.84 Å². The quantitative estimate of drug-likeness (QED) is 0.343. The lowest BCUT2D eigenvalue weighted by atomic mass is 9.78. The molecule has 0 aromatic heterocycles. The van der Waals surface area contributed by atoms with Crippen LogP contribution in [-0.4, -0.2) is 36.9 Å². The van der Waals surface area contributed by atoms with Crippen molar-refractivity contribution in [3.63, 3.8) is 0 Å². The van der Waals surface area contributed by atoms with Gasteiger partial charge in [0.2, 0.25) is 0 Å². The van der Waals surface area contributed by atoms with E-state index >= 15 is 0 Å². The first kappa shape index (κ1) is 23.0. The minimum absolute atomic E-state index is 0. The summed E-state index contributed by atoms with van der Waals surface area (Å²) in [5, 5.41) is 16.2. The third kappa shape index (κ3) is 7.31. The van der Waals surface area contributed by atoms with Gasteiger partial charge in [0.25, 0.3) is 0 Å². The van der Waals surface area contributed by atoms with E-state index in [1.54, 1.807) is 12.1 Å². The van der Waals surface area contributed by atoms with Gasteiger partial charge in [-0.3, -0.25) is 0 Å². The van der Waals surface area contributed by atoms with E-state index in [-0.39, 0.29) is 41.2 Å². The second kappa shape index (κ2) is 11.0. The second-order valence-corrected chi connectivity index (χ2v) is 7.80. The predicted octanol–water partition coefficient (Wildman–Crippen LogP) is 3.91. The molecule has 1 aromatic carbocycles. The highest BCUT2D eigenvalue weighted by molar-refractivity contribution is 14.0. The molecule has 1 aliphatic heterocycles. The van der Waals surface area contributed by atoms with Crippen molar-refractivity contribution in [1.29, 1.82) is 0 Å². The fraction of sp³-hybridized carbons (Fsp3) is 0.650. The van der Waals surface area contributed by atoms with Crippen LogP contribution in [0.25, 0.3) is 0 Å². The number of ether oxygens (including phenoxy) is 1. The molecule has 1 fully saturated rings. The molecule has 0 bridgehead atoms. The molecule has 2 rings (SSSR count). The lowest BCUT2D eigenvalue weighted by molar-refractivity contribution is -0.0835. The summed E-state index contributed by atoms with van der Waals surface area (Å²) in [6, 6.07) is 7.18. The molecular formula is C20H34IN3O2. The Balaban J connectivity index is 0.00000338. The van der Waals surface area contributed by atoms with Gasteiger partial charge in [0, 0.05) is 25.6 Å². The van der Waals surface area contributed by atoms with Crippen LogP contribution in [0.15, 0.2) is 29.3 Å². The standard InChI is InChI=1S/C20H33N3O2.HI/c1-5-21-19(22-13-15-8-10-17(24)11-9-15)23-14-16-7-6-12-25-18(16)20(2,3)4;/h8-11,16,18,24H,5-7,12-14H2,1-4H3,(H2,21,22,23);1H. The fourth-order valence-corrected chi connectivity index (χ4v) is 3.35. The summed E-state index contributed by atoms with van der Waals surface area (Å²) in [5.41, 5.74) is 1.22. The Morgan fingerprint density at radius 3 is 2.54 bits per heavy atom. The molecule has 0 aliphatic carbocycles. The Morgan fingerprint density at radius 1 is 1.23 bits per heavy atom. The van der Waals surface area contributed by atoms with E-state index in [2.05, 4.69) is 43.3 Å². The van der Waals surface area contributed by atoms with Crippen molar-refractivity contribution in [3.05, 3.63) is 29.8 Å². The summed E-state index contributed by atoms with van der Waals surface area (Å²) in [4.78, 5) is 4.66. The number of phenolic OH excluding ortho intramolecular Hbond substituents is 1. The molecule has 26 heavy (non-hydrogen) atoms. The van der Waals surface area contributed by atoms with Gasteiger partial charge in [0.1, 0.15) is 5.75 Å². The van der Waals surface area contributed by atoms with Gasteiger partial charge in [-0.15, -0.1) is 24.0 Å². The van der Waals surface area contributed by atoms with Crippen LogP contribution in [0.2, 0.25) is 0 Å². The van der Waals surface area contributed by atoms with E-state index in [9.17, 15) is 5.11 Å². The number of nitrogens with zero attached hydrogens (tertiary/aromatic N) is 1. The normalized spacial score (nSPS) is 21.0. The first-order valence-corrected chi connectivity index (χ1v) is 9.32. The third-order valence-corrected chi connectivity index (χ3v) is 4.53. The number of hydrogen-bond acceptors (Lipinski definition) is 3. The summed E-state index contributed by atoms with van der Waals surface area (Å²) < 4.78 is 6.06. The van der Waals surface area contributed by atoms with Crippen LogP contribution in [0.1, 0.15) is 46.1 Å². The molecule has 1 aliphatic rings. The summed E-state index contributed by atoms with van der Waals surface area (Å²) in [5.74, 6) is 1.60. The van der Waals surface area contributed by atoms with Gasteiger partial charge in [0.05, 0.1) is 12.6 Å². The molecule has 2 atom stereocenters. The van der Waals surface area contributed by atoms with E-state index in [0.29, 0.717) is 12.5 Å². The molecule has 1 heterocycles. The number of benzene rings is 1. The minimum atomic E-state index is 0. The van der Waals surface area contributed by atoms with Crippen molar-refractivity contribution >= 4 is 29.9 Å². The molecule has 3 N–H and O–H groups in total. The SMILES string of the molecule is CCNC(=NCc1ccc(O)cc1)NCC1CCCOC1C(C)(C)C.I. The molecule has 0 radical (unpaired) electrons. The minimum Gasteiger partial charge on any atom is -0.508 e. The van der Waals surface area contributed by atoms with Crippen molar-refractivity contribution in [2.75, 3.05) is 19.7 Å². The van der Waals surface area contributed by atoms with Gasteiger partial charge in [0.15, 0.2) is 5.96 Å². The van der Waals surface area contributed by atoms with Crippen molar-refractivity contribution in [2.45, 2.75) is 53.2 Å². The number of phenols is 1. The van der Waals surface area contributed by atoms with Crippen LogP contribution in [0, 0.1) is 11.3 Å². The number of rotatable bonds is 5. The van der Waals surface area contributed by atoms with E-state index in [1.807, 2.05) is 12.1 Å². The number of aliphatic imine (C=N–C) groups is 1. The Hall–Kier alpha value is -1.02. The maximum absolute atomic E-state index is 9.36. The summed E-state index contributed by atoms with van der Waals surface area (Å²) >= 11 is 0. The first-order valence-electron chi connectivity index (χ1n) is 9.32. The van der Waals surface area contributed by atoms with Crippen molar-refractivity contribution in [1.82, 2.24) is 10.6 Å². The van der Waals surface area contributed by atoms with Crippen LogP contribution < -0.4 is 10.6 Å². The number of hydrogen-bond donors (Lipinski definition) is 3. The molecule has 2 unspecified atom stereocenters. The maximum atomic E-state index is 9.36. The van der Waals surface area contributed by atoms with Crippen molar-refractivity contribution in [3.8, 4) is 5.75 Å². The summed E-state index contributed by atoms with van der Waals surface area (Å²) in [7, 11) is 0. The molecule has 5 nitrogen and oxygen atoms in total. The molecule has 6 heteroatoms. The lowest BCUT2D eigenvalue weighted by Crippen LogP contribution is -2.47. The van der Waals surface area contributed by atoms with E-state index in [0.717, 1.165) is 37.6 Å². The van der Waals surface area contributed by atoms with Gasteiger partial charge in [-0.1, -0.05) is 32.9 Å². The van der Waals surface area contributed by atoms with E-state index in [4.69, 9.17) is 4.74 Å². The Bertz CT molecular complexity index is 555. The van der Waals surface area contributed by atoms with Gasteiger partial charge < -0.3 is 20.5 Å². The average Bonchev–Trinajstić information content (AvgIpc) is 2.58. The highest BCUT2D eigenvalue weighted by Gasteiger charge is 2.35. The van der Waals surface area contributed by atoms with Gasteiger partial charge >= 0.3 is 0 Å². The molecule has 1 aromatic rings. The molecule has 148 valence electrons. The molecule has 1 saturated heterocycles. The molecule has 0 amide bonds. The summed E-state index contributed by atoms with van der Waals surface area (Å²) in [6.45, 7) is 12.0. The predicted molar refractivity (Wildman–Crippen MR) is 118 cm³/mol. The van der Waals surface area contributed by atoms with Crippen LogP contribution >= 0.6 is 24.0 Å². The van der Waals surface area contributed by atoms with Crippen LogP contribution in [-0.2, 0) is 11.3 Å². The van der Waals surface area contributed by atoms with Crippen molar-refractivity contribution in [2.24, 2.45) is 16.3 Å². The number of nitrogens with one attached hydrogen (secondary N) is 2. The number of halogens is 1. The molecule has 0 saturated carbocycles. The highest BCUT2D eigenvalue weighted by Crippen LogP contribution is 2.33. The fourth-order valence-electron chi connectivity index (χ4n) is 3.35. The largest absolute Gasteiger partial charge is 0.508 e. The van der Waals surface area contributed by atoms with E-state index < -0.39 is 0 Å². The van der Waals surface area contributed by atoms with Gasteiger partial charge in [-0.05, 0) is 42.9 Å². The van der Waals surface area contributed by atoms with Gasteiger partial charge in [-0.2, -0.15) is 0 Å². The summed E-state index contributed by atoms with van der Waals surface area (Å²) in [6.07, 6.45) is 2.58. The first-order chi connectivity index (χ1) is 11.9. The van der Waals surface area contributed by atoms with E-state index in [1.165, 1.54) is 6.42 Å². The van der Waals surface area contributed by atoms with Gasteiger partial charge in [-0.25, -0.2) is 4.99 Å².